The molecule has 0 aliphatic heterocycles. The Morgan fingerprint density at radius 3 is 2.08 bits per heavy atom. The number of nitrogens with one attached hydrogen (secondary N) is 1. The van der Waals surface area contributed by atoms with Crippen LogP contribution in [-0.2, 0) is 27.0 Å². The lowest BCUT2D eigenvalue weighted by Crippen LogP contribution is -2.23. The second-order valence-corrected chi connectivity index (χ2v) is 7.37. The number of benzene rings is 2. The molecule has 0 bridgehead atoms. The molecule has 5 nitrogen and oxygen atoms in total. The quantitative estimate of drug-likeness (QED) is 0.870. The number of hydrogen-bond donors (Lipinski definition) is 1. The first-order valence-electron chi connectivity index (χ1n) is 7.29. The van der Waals surface area contributed by atoms with Crippen molar-refractivity contribution in [3.05, 3.63) is 65.5 Å². The molecule has 0 aliphatic rings. The van der Waals surface area contributed by atoms with Crippen molar-refractivity contribution in [1.82, 2.24) is 4.90 Å². The summed E-state index contributed by atoms with van der Waals surface area (Å²) in [5.74, 6) is -0.680. The van der Waals surface area contributed by atoms with Crippen LogP contribution < -0.4 is 4.72 Å². The molecule has 0 saturated heterocycles. The minimum absolute atomic E-state index is 0.0281. The number of amides is 1. The molecule has 7 heteroatoms. The van der Waals surface area contributed by atoms with E-state index in [4.69, 9.17) is 0 Å². The molecule has 2 aromatic rings. The second kappa shape index (κ2) is 7.44. The number of nitrogens with zero attached hydrogens (tertiary/aromatic N) is 1. The van der Waals surface area contributed by atoms with Crippen molar-refractivity contribution in [2.75, 3.05) is 18.8 Å². The number of likely N-dealkylation sites (N-methyl/N-ethyl adjacent to an activating group) is 1. The van der Waals surface area contributed by atoms with Gasteiger partial charge in [-0.05, 0) is 35.4 Å². The number of carbonyl (C=O) groups excluding carboxylic acids is 1. The Labute approximate surface area is 141 Å². The van der Waals surface area contributed by atoms with Crippen molar-refractivity contribution in [3.8, 4) is 0 Å². The van der Waals surface area contributed by atoms with Crippen molar-refractivity contribution in [1.29, 1.82) is 0 Å². The largest absolute Gasteiger partial charge is 0.349 e. The third-order valence-corrected chi connectivity index (χ3v) is 4.61. The molecule has 0 unspecified atom stereocenters. The highest BCUT2D eigenvalue weighted by molar-refractivity contribution is 7.91. The Bertz CT molecular complexity index is 801. The Hall–Kier alpha value is -2.41. The molecule has 0 saturated carbocycles. The Morgan fingerprint density at radius 1 is 1.00 bits per heavy atom. The fourth-order valence-corrected chi connectivity index (χ4v) is 3.24. The highest BCUT2D eigenvalue weighted by Gasteiger charge is 2.12. The van der Waals surface area contributed by atoms with E-state index in [2.05, 4.69) is 4.72 Å². The number of carbonyl (C=O) groups is 1. The van der Waals surface area contributed by atoms with Crippen molar-refractivity contribution in [2.24, 2.45) is 0 Å². The molecule has 0 heterocycles. The van der Waals surface area contributed by atoms with Gasteiger partial charge in [0, 0.05) is 19.8 Å². The van der Waals surface area contributed by atoms with Crippen LogP contribution in [0.25, 0.3) is 0 Å². The van der Waals surface area contributed by atoms with Gasteiger partial charge in [-0.3, -0.25) is 9.52 Å². The lowest BCUT2D eigenvalue weighted by Gasteiger charge is -2.11. The molecule has 0 spiro atoms. The number of halogens is 1. The van der Waals surface area contributed by atoms with Gasteiger partial charge < -0.3 is 4.90 Å². The van der Waals surface area contributed by atoms with Gasteiger partial charge in [-0.15, -0.1) is 0 Å². The van der Waals surface area contributed by atoms with E-state index in [1.165, 1.54) is 29.2 Å². The summed E-state index contributed by atoms with van der Waals surface area (Å²) in [5.41, 5.74) is 1.71. The van der Waals surface area contributed by atoms with E-state index in [-0.39, 0.29) is 18.1 Å². The lowest BCUT2D eigenvalue weighted by molar-refractivity contribution is -0.127. The van der Waals surface area contributed by atoms with Crippen molar-refractivity contribution in [3.63, 3.8) is 0 Å². The molecule has 1 N–H and O–H groups in total. The lowest BCUT2D eigenvalue weighted by atomic mass is 10.1. The van der Waals surface area contributed by atoms with Crippen LogP contribution in [0.1, 0.15) is 11.1 Å². The van der Waals surface area contributed by atoms with Gasteiger partial charge in [0.15, 0.2) is 0 Å². The molecule has 0 fully saturated rings. The fraction of sp³-hybridized carbons (Fsp3) is 0.235. The zero-order chi connectivity index (χ0) is 17.7. The normalized spacial score (nSPS) is 11.1. The van der Waals surface area contributed by atoms with Crippen molar-refractivity contribution < 1.29 is 17.6 Å². The first-order valence-corrected chi connectivity index (χ1v) is 8.94. The van der Waals surface area contributed by atoms with E-state index < -0.39 is 15.8 Å². The first-order chi connectivity index (χ1) is 11.2. The predicted molar refractivity (Wildman–Crippen MR) is 91.5 cm³/mol. The van der Waals surface area contributed by atoms with Crippen LogP contribution in [0.4, 0.5) is 10.1 Å². The van der Waals surface area contributed by atoms with Gasteiger partial charge >= 0.3 is 0 Å². The molecule has 1 amide bonds. The molecule has 0 radical (unpaired) electrons. The summed E-state index contributed by atoms with van der Waals surface area (Å²) in [5, 5.41) is 0. The van der Waals surface area contributed by atoms with E-state index in [9.17, 15) is 17.6 Å². The van der Waals surface area contributed by atoms with Gasteiger partial charge in [-0.2, -0.15) is 0 Å². The van der Waals surface area contributed by atoms with Gasteiger partial charge in [-0.25, -0.2) is 12.8 Å². The zero-order valence-corrected chi connectivity index (χ0v) is 14.3. The standard InChI is InChI=1S/C17H19FN2O3S/c1-20(2)17(21)11-13-5-9-16(10-6-13)19-24(22,23)12-14-3-7-15(18)8-4-14/h3-10,19H,11-12H2,1-2H3. The monoisotopic (exact) mass is 350 g/mol. The van der Waals surface area contributed by atoms with Crippen LogP contribution in [0.3, 0.4) is 0 Å². The zero-order valence-electron chi connectivity index (χ0n) is 13.5. The summed E-state index contributed by atoms with van der Waals surface area (Å²) in [6.45, 7) is 0. The molecule has 2 rings (SSSR count). The maximum atomic E-state index is 12.9. The topological polar surface area (TPSA) is 66.5 Å². The van der Waals surface area contributed by atoms with Crippen LogP contribution in [0.5, 0.6) is 0 Å². The SMILES string of the molecule is CN(C)C(=O)Cc1ccc(NS(=O)(=O)Cc2ccc(F)cc2)cc1. The fourth-order valence-electron chi connectivity index (χ4n) is 2.04. The summed E-state index contributed by atoms with van der Waals surface area (Å²) in [7, 11) is -0.236. The second-order valence-electron chi connectivity index (χ2n) is 5.65. The molecule has 0 atom stereocenters. The third kappa shape index (κ3) is 5.34. The highest BCUT2D eigenvalue weighted by atomic mass is 32.2. The van der Waals surface area contributed by atoms with Gasteiger partial charge in [0.25, 0.3) is 0 Å². The average molecular weight is 350 g/mol. The molecule has 2 aromatic carbocycles. The Kier molecular flexibility index (Phi) is 5.56. The van der Waals surface area contributed by atoms with Crippen LogP contribution in [0.2, 0.25) is 0 Å². The van der Waals surface area contributed by atoms with Crippen LogP contribution >= 0.6 is 0 Å². The van der Waals surface area contributed by atoms with E-state index in [0.29, 0.717) is 11.3 Å². The van der Waals surface area contributed by atoms with Gasteiger partial charge in [-0.1, -0.05) is 24.3 Å². The number of sulfonamides is 1. The number of hydrogen-bond acceptors (Lipinski definition) is 3. The summed E-state index contributed by atoms with van der Waals surface area (Å²) in [6.07, 6.45) is 0.260. The van der Waals surface area contributed by atoms with Crippen LogP contribution in [0.15, 0.2) is 48.5 Å². The predicted octanol–water partition coefficient (Wildman–Crippen LogP) is 2.40. The molecule has 24 heavy (non-hydrogen) atoms. The summed E-state index contributed by atoms with van der Waals surface area (Å²) in [6, 6.07) is 12.0. The molecular formula is C17H19FN2O3S. The Balaban J connectivity index is 2.01. The summed E-state index contributed by atoms with van der Waals surface area (Å²) in [4.78, 5) is 13.1. The summed E-state index contributed by atoms with van der Waals surface area (Å²) >= 11 is 0. The van der Waals surface area contributed by atoms with E-state index in [1.54, 1.807) is 38.4 Å². The van der Waals surface area contributed by atoms with E-state index in [1.807, 2.05) is 0 Å². The van der Waals surface area contributed by atoms with Gasteiger partial charge in [0.1, 0.15) is 5.82 Å². The summed E-state index contributed by atoms with van der Waals surface area (Å²) < 4.78 is 39.6. The molecular weight excluding hydrogens is 331 g/mol. The Morgan fingerprint density at radius 2 is 1.54 bits per heavy atom. The molecule has 0 aromatic heterocycles. The maximum absolute atomic E-state index is 12.9. The van der Waals surface area contributed by atoms with E-state index in [0.717, 1.165) is 5.56 Å². The minimum Gasteiger partial charge on any atom is -0.349 e. The van der Waals surface area contributed by atoms with Crippen molar-refractivity contribution in [2.45, 2.75) is 12.2 Å². The first kappa shape index (κ1) is 17.9. The third-order valence-electron chi connectivity index (χ3n) is 3.35. The maximum Gasteiger partial charge on any atom is 0.236 e. The molecule has 128 valence electrons. The van der Waals surface area contributed by atoms with Gasteiger partial charge in [0.2, 0.25) is 15.9 Å². The highest BCUT2D eigenvalue weighted by Crippen LogP contribution is 2.15. The average Bonchev–Trinajstić information content (AvgIpc) is 2.51. The van der Waals surface area contributed by atoms with Crippen LogP contribution in [0, 0.1) is 5.82 Å². The van der Waals surface area contributed by atoms with E-state index >= 15 is 0 Å². The molecule has 0 aliphatic carbocycles. The van der Waals surface area contributed by atoms with Crippen molar-refractivity contribution >= 4 is 21.6 Å². The minimum atomic E-state index is -3.60. The smallest absolute Gasteiger partial charge is 0.236 e. The number of anilines is 1. The van der Waals surface area contributed by atoms with Gasteiger partial charge in [0.05, 0.1) is 12.2 Å². The van der Waals surface area contributed by atoms with Crippen LogP contribution in [-0.4, -0.2) is 33.3 Å². The number of rotatable bonds is 6.